The van der Waals surface area contributed by atoms with Gasteiger partial charge in [-0.25, -0.2) is 4.79 Å². The zero-order chi connectivity index (χ0) is 17.7. The number of furan rings is 1. The molecular weight excluding hydrogens is 306 g/mol. The molecular formula is C18H31N3O3. The number of aryl methyl sites for hydroxylation is 2. The monoisotopic (exact) mass is 337 g/mol. The lowest BCUT2D eigenvalue weighted by atomic mass is 9.96. The fourth-order valence-electron chi connectivity index (χ4n) is 3.49. The molecule has 2 rings (SSSR count). The summed E-state index contributed by atoms with van der Waals surface area (Å²) in [4.78, 5) is 14.5. The van der Waals surface area contributed by atoms with Gasteiger partial charge in [-0.1, -0.05) is 13.3 Å². The van der Waals surface area contributed by atoms with Gasteiger partial charge in [-0.15, -0.1) is 0 Å². The predicted octanol–water partition coefficient (Wildman–Crippen LogP) is 2.28. The first-order valence-corrected chi connectivity index (χ1v) is 8.89. The molecule has 6 heteroatoms. The normalized spacial score (nSPS) is 21.3. The first-order valence-electron chi connectivity index (χ1n) is 8.89. The highest BCUT2D eigenvalue weighted by Gasteiger charge is 2.28. The van der Waals surface area contributed by atoms with Gasteiger partial charge < -0.3 is 20.2 Å². The van der Waals surface area contributed by atoms with Crippen molar-refractivity contribution >= 4 is 6.03 Å². The first-order chi connectivity index (χ1) is 11.3. The summed E-state index contributed by atoms with van der Waals surface area (Å²) in [7, 11) is 0. The number of hydrogen-bond acceptors (Lipinski definition) is 4. The Morgan fingerprint density at radius 1 is 1.42 bits per heavy atom. The van der Waals surface area contributed by atoms with Gasteiger partial charge in [0.2, 0.25) is 0 Å². The molecule has 3 N–H and O–H groups in total. The maximum absolute atomic E-state index is 12.1. The summed E-state index contributed by atoms with van der Waals surface area (Å²) in [6.07, 6.45) is 3.58. The largest absolute Gasteiger partial charge is 0.466 e. The fourth-order valence-corrected chi connectivity index (χ4v) is 3.49. The van der Waals surface area contributed by atoms with Crippen molar-refractivity contribution in [3.8, 4) is 0 Å². The quantitative estimate of drug-likeness (QED) is 0.744. The Kier molecular flexibility index (Phi) is 6.29. The number of rotatable bonds is 6. The lowest BCUT2D eigenvalue weighted by Crippen LogP contribution is -2.50. The number of hydrogen-bond donors (Lipinski definition) is 3. The molecule has 6 nitrogen and oxygen atoms in total. The SMILES string of the molecule is CCN1CCCCC1CNC(=O)NCC(C)(O)c1cc(C)oc1C. The molecule has 0 radical (unpaired) electrons. The molecule has 2 atom stereocenters. The number of carbonyl (C=O) groups is 1. The van der Waals surface area contributed by atoms with Crippen molar-refractivity contribution in [2.75, 3.05) is 26.2 Å². The molecule has 136 valence electrons. The van der Waals surface area contributed by atoms with Gasteiger partial charge in [-0.05, 0) is 52.8 Å². The summed E-state index contributed by atoms with van der Waals surface area (Å²) < 4.78 is 5.46. The molecule has 0 aliphatic carbocycles. The van der Waals surface area contributed by atoms with Crippen molar-refractivity contribution in [2.45, 2.75) is 58.6 Å². The van der Waals surface area contributed by atoms with Crippen LogP contribution < -0.4 is 10.6 Å². The van der Waals surface area contributed by atoms with Crippen LogP contribution in [0.1, 0.15) is 50.2 Å². The van der Waals surface area contributed by atoms with Gasteiger partial charge in [0, 0.05) is 18.2 Å². The molecule has 0 aromatic carbocycles. The van der Waals surface area contributed by atoms with Crippen LogP contribution in [0, 0.1) is 13.8 Å². The predicted molar refractivity (Wildman–Crippen MR) is 94.0 cm³/mol. The summed E-state index contributed by atoms with van der Waals surface area (Å²) >= 11 is 0. The number of aliphatic hydroxyl groups is 1. The van der Waals surface area contributed by atoms with Crippen molar-refractivity contribution in [2.24, 2.45) is 0 Å². The highest BCUT2D eigenvalue weighted by atomic mass is 16.3. The third-order valence-corrected chi connectivity index (χ3v) is 4.87. The van der Waals surface area contributed by atoms with Crippen LogP contribution in [-0.4, -0.2) is 48.3 Å². The van der Waals surface area contributed by atoms with E-state index in [1.807, 2.05) is 19.9 Å². The molecule has 1 aromatic rings. The van der Waals surface area contributed by atoms with E-state index in [9.17, 15) is 9.90 Å². The number of urea groups is 1. The minimum atomic E-state index is -1.15. The standard InChI is InChI=1S/C18H31N3O3/c1-5-21-9-7-6-8-15(21)11-19-17(22)20-12-18(4,23)16-10-13(2)24-14(16)3/h10,15,23H,5-9,11-12H2,1-4H3,(H2,19,20,22). The molecule has 0 bridgehead atoms. The van der Waals surface area contributed by atoms with E-state index in [0.29, 0.717) is 23.9 Å². The van der Waals surface area contributed by atoms with Crippen LogP contribution >= 0.6 is 0 Å². The van der Waals surface area contributed by atoms with E-state index in [1.165, 1.54) is 12.8 Å². The molecule has 1 aromatic heterocycles. The summed E-state index contributed by atoms with van der Waals surface area (Å²) in [5.41, 5.74) is -0.441. The van der Waals surface area contributed by atoms with Crippen molar-refractivity contribution < 1.29 is 14.3 Å². The van der Waals surface area contributed by atoms with Crippen LogP contribution in [0.25, 0.3) is 0 Å². The smallest absolute Gasteiger partial charge is 0.314 e. The number of carbonyl (C=O) groups excluding carboxylic acids is 1. The summed E-state index contributed by atoms with van der Waals surface area (Å²) in [5.74, 6) is 1.43. The average Bonchev–Trinajstić information content (AvgIpc) is 2.90. The van der Waals surface area contributed by atoms with E-state index in [4.69, 9.17) is 4.42 Å². The van der Waals surface area contributed by atoms with Gasteiger partial charge >= 0.3 is 6.03 Å². The van der Waals surface area contributed by atoms with Crippen LogP contribution in [0.2, 0.25) is 0 Å². The molecule has 2 unspecified atom stereocenters. The summed E-state index contributed by atoms with van der Waals surface area (Å²) in [5, 5.41) is 16.3. The second kappa shape index (κ2) is 8.03. The van der Waals surface area contributed by atoms with Crippen molar-refractivity contribution in [1.29, 1.82) is 0 Å². The second-order valence-corrected chi connectivity index (χ2v) is 6.94. The van der Waals surface area contributed by atoms with E-state index in [1.54, 1.807) is 6.92 Å². The Morgan fingerprint density at radius 2 is 2.17 bits per heavy atom. The van der Waals surface area contributed by atoms with Crippen LogP contribution in [0.4, 0.5) is 4.79 Å². The number of likely N-dealkylation sites (N-methyl/N-ethyl adjacent to an activating group) is 1. The van der Waals surface area contributed by atoms with E-state index in [0.717, 1.165) is 25.3 Å². The third-order valence-electron chi connectivity index (χ3n) is 4.87. The number of nitrogens with zero attached hydrogens (tertiary/aromatic N) is 1. The maximum Gasteiger partial charge on any atom is 0.314 e. The van der Waals surface area contributed by atoms with Crippen molar-refractivity contribution in [3.05, 3.63) is 23.2 Å². The van der Waals surface area contributed by atoms with E-state index in [-0.39, 0.29) is 12.6 Å². The fraction of sp³-hybridized carbons (Fsp3) is 0.722. The molecule has 1 aliphatic rings. The van der Waals surface area contributed by atoms with Gasteiger partial charge in [0.25, 0.3) is 0 Å². The van der Waals surface area contributed by atoms with Crippen LogP contribution in [0.5, 0.6) is 0 Å². The van der Waals surface area contributed by atoms with Gasteiger partial charge in [0.05, 0.1) is 6.54 Å². The number of likely N-dealkylation sites (tertiary alicyclic amines) is 1. The molecule has 1 saturated heterocycles. The van der Waals surface area contributed by atoms with Crippen LogP contribution in [0.3, 0.4) is 0 Å². The topological polar surface area (TPSA) is 77.7 Å². The Morgan fingerprint density at radius 3 is 2.79 bits per heavy atom. The Labute approximate surface area is 144 Å². The number of piperidine rings is 1. The molecule has 0 spiro atoms. The van der Waals surface area contributed by atoms with Crippen molar-refractivity contribution in [3.63, 3.8) is 0 Å². The van der Waals surface area contributed by atoms with Crippen LogP contribution in [-0.2, 0) is 5.60 Å². The molecule has 2 amide bonds. The molecule has 0 saturated carbocycles. The van der Waals surface area contributed by atoms with Gasteiger partial charge in [0.1, 0.15) is 17.1 Å². The summed E-state index contributed by atoms with van der Waals surface area (Å²) in [6, 6.07) is 1.99. The van der Waals surface area contributed by atoms with E-state index in [2.05, 4.69) is 22.5 Å². The number of nitrogens with one attached hydrogen (secondary N) is 2. The zero-order valence-electron chi connectivity index (χ0n) is 15.3. The second-order valence-electron chi connectivity index (χ2n) is 6.94. The van der Waals surface area contributed by atoms with Gasteiger partial charge in [0.15, 0.2) is 0 Å². The van der Waals surface area contributed by atoms with Gasteiger partial charge in [-0.2, -0.15) is 0 Å². The molecule has 1 fully saturated rings. The Hall–Kier alpha value is -1.53. The molecule has 24 heavy (non-hydrogen) atoms. The maximum atomic E-state index is 12.1. The molecule has 2 heterocycles. The zero-order valence-corrected chi connectivity index (χ0v) is 15.3. The van der Waals surface area contributed by atoms with E-state index < -0.39 is 5.60 Å². The average molecular weight is 337 g/mol. The first kappa shape index (κ1) is 18.8. The minimum absolute atomic E-state index is 0.140. The van der Waals surface area contributed by atoms with Crippen molar-refractivity contribution in [1.82, 2.24) is 15.5 Å². The highest BCUT2D eigenvalue weighted by Crippen LogP contribution is 2.26. The Balaban J connectivity index is 1.81. The summed E-state index contributed by atoms with van der Waals surface area (Å²) in [6.45, 7) is 10.4. The lowest BCUT2D eigenvalue weighted by Gasteiger charge is -2.35. The van der Waals surface area contributed by atoms with E-state index >= 15 is 0 Å². The third kappa shape index (κ3) is 4.74. The highest BCUT2D eigenvalue weighted by molar-refractivity contribution is 5.74. The lowest BCUT2D eigenvalue weighted by molar-refractivity contribution is 0.0577. The Bertz CT molecular complexity index is 554. The van der Waals surface area contributed by atoms with Gasteiger partial charge in [-0.3, -0.25) is 4.90 Å². The van der Waals surface area contributed by atoms with Crippen LogP contribution in [0.15, 0.2) is 10.5 Å². The number of amides is 2. The minimum Gasteiger partial charge on any atom is -0.466 e. The molecule has 1 aliphatic heterocycles.